The smallest absolute Gasteiger partial charge is 0.166 e. The van der Waals surface area contributed by atoms with Crippen molar-refractivity contribution in [2.24, 2.45) is 17.8 Å². The molecule has 0 aromatic carbocycles. The zero-order valence-corrected chi connectivity index (χ0v) is 10.6. The van der Waals surface area contributed by atoms with Gasteiger partial charge in [0.1, 0.15) is 0 Å². The Morgan fingerprint density at radius 3 is 2.00 bits per heavy atom. The number of nitrogen functional groups attached to an aromatic ring is 2. The van der Waals surface area contributed by atoms with Gasteiger partial charge in [0, 0.05) is 5.41 Å². The van der Waals surface area contributed by atoms with E-state index in [0.29, 0.717) is 11.6 Å². The summed E-state index contributed by atoms with van der Waals surface area (Å²) in [5, 5.41) is 0. The topological polar surface area (TPSA) is 77.8 Å². The van der Waals surface area contributed by atoms with Gasteiger partial charge in [-0.05, 0) is 56.3 Å². The van der Waals surface area contributed by atoms with Crippen molar-refractivity contribution in [1.82, 2.24) is 9.97 Å². The van der Waals surface area contributed by atoms with Gasteiger partial charge in [-0.25, -0.2) is 9.97 Å². The third-order valence-corrected chi connectivity index (χ3v) is 5.41. The highest BCUT2D eigenvalue weighted by Crippen LogP contribution is 2.60. The Morgan fingerprint density at radius 1 is 0.944 bits per heavy atom. The van der Waals surface area contributed by atoms with Gasteiger partial charge in [0.2, 0.25) is 0 Å². The van der Waals surface area contributed by atoms with Crippen LogP contribution < -0.4 is 11.5 Å². The van der Waals surface area contributed by atoms with Crippen molar-refractivity contribution in [1.29, 1.82) is 0 Å². The Morgan fingerprint density at radius 2 is 1.50 bits per heavy atom. The van der Waals surface area contributed by atoms with Crippen molar-refractivity contribution >= 4 is 11.6 Å². The summed E-state index contributed by atoms with van der Waals surface area (Å²) in [5.41, 5.74) is 12.9. The lowest BCUT2D eigenvalue weighted by Crippen LogP contribution is -2.49. The molecule has 4 nitrogen and oxygen atoms in total. The lowest BCUT2D eigenvalue weighted by atomic mass is 9.49. The molecule has 1 aromatic rings. The van der Waals surface area contributed by atoms with Gasteiger partial charge in [-0.3, -0.25) is 0 Å². The van der Waals surface area contributed by atoms with E-state index in [1.165, 1.54) is 38.5 Å². The van der Waals surface area contributed by atoms with Crippen molar-refractivity contribution in [3.05, 3.63) is 11.9 Å². The average molecular weight is 244 g/mol. The Bertz CT molecular complexity index is 461. The van der Waals surface area contributed by atoms with Gasteiger partial charge in [0.15, 0.2) is 11.6 Å². The van der Waals surface area contributed by atoms with E-state index in [-0.39, 0.29) is 5.41 Å². The number of hydrogen-bond acceptors (Lipinski definition) is 4. The third-order valence-electron chi connectivity index (χ3n) is 5.41. The highest BCUT2D eigenvalue weighted by atomic mass is 15.0. The van der Waals surface area contributed by atoms with Crippen molar-refractivity contribution in [2.75, 3.05) is 11.5 Å². The van der Waals surface area contributed by atoms with E-state index in [1.807, 2.05) is 6.20 Å². The van der Waals surface area contributed by atoms with E-state index in [0.717, 1.165) is 23.4 Å². The summed E-state index contributed by atoms with van der Waals surface area (Å²) in [6.45, 7) is 0. The Labute approximate surface area is 107 Å². The molecule has 0 aliphatic heterocycles. The van der Waals surface area contributed by atoms with Crippen LogP contribution in [0, 0.1) is 17.8 Å². The predicted molar refractivity (Wildman–Crippen MR) is 70.7 cm³/mol. The first kappa shape index (κ1) is 10.6. The SMILES string of the molecule is Nc1ncc(C23CC4CC(CC(C4)C2)C3)nc1N. The van der Waals surface area contributed by atoms with E-state index >= 15 is 0 Å². The molecule has 4 saturated carbocycles. The van der Waals surface area contributed by atoms with Crippen LogP contribution in [0.2, 0.25) is 0 Å². The molecule has 4 bridgehead atoms. The van der Waals surface area contributed by atoms with E-state index in [9.17, 15) is 0 Å². The number of rotatable bonds is 1. The first-order valence-electron chi connectivity index (χ1n) is 7.03. The standard InChI is InChI=1S/C14H20N4/c15-12-13(16)18-11(7-17-12)14-4-8-1-9(5-14)3-10(2-8)6-14/h7-10H,1-6H2,(H2,15,17)(H2,16,18). The van der Waals surface area contributed by atoms with Crippen molar-refractivity contribution in [3.8, 4) is 0 Å². The summed E-state index contributed by atoms with van der Waals surface area (Å²) in [5.74, 6) is 3.51. The van der Waals surface area contributed by atoms with Crippen LogP contribution in [0.5, 0.6) is 0 Å². The molecular weight excluding hydrogens is 224 g/mol. The molecule has 4 aliphatic carbocycles. The highest BCUT2D eigenvalue weighted by Gasteiger charge is 2.52. The van der Waals surface area contributed by atoms with Crippen LogP contribution in [-0.4, -0.2) is 9.97 Å². The van der Waals surface area contributed by atoms with Crippen LogP contribution in [-0.2, 0) is 5.41 Å². The van der Waals surface area contributed by atoms with Crippen LogP contribution in [0.4, 0.5) is 11.6 Å². The van der Waals surface area contributed by atoms with Gasteiger partial charge in [0.05, 0.1) is 11.9 Å². The molecule has 1 heterocycles. The van der Waals surface area contributed by atoms with Crippen LogP contribution in [0.25, 0.3) is 0 Å². The fraction of sp³-hybridized carbons (Fsp3) is 0.714. The summed E-state index contributed by atoms with van der Waals surface area (Å²) in [6.07, 6.45) is 10.1. The van der Waals surface area contributed by atoms with Crippen LogP contribution in [0.15, 0.2) is 6.20 Å². The maximum absolute atomic E-state index is 5.84. The molecule has 0 spiro atoms. The minimum atomic E-state index is 0.267. The average Bonchev–Trinajstić information content (AvgIpc) is 2.31. The molecule has 4 heteroatoms. The third kappa shape index (κ3) is 1.38. The molecule has 0 radical (unpaired) electrons. The summed E-state index contributed by atoms with van der Waals surface area (Å²) >= 11 is 0. The molecule has 4 N–H and O–H groups in total. The lowest BCUT2D eigenvalue weighted by molar-refractivity contribution is -0.00728. The maximum atomic E-state index is 5.84. The normalized spacial score (nSPS) is 41.2. The number of aromatic nitrogens is 2. The van der Waals surface area contributed by atoms with Gasteiger partial charge in [0.25, 0.3) is 0 Å². The summed E-state index contributed by atoms with van der Waals surface area (Å²) in [4.78, 5) is 8.78. The number of anilines is 2. The van der Waals surface area contributed by atoms with E-state index in [2.05, 4.69) is 9.97 Å². The van der Waals surface area contributed by atoms with Gasteiger partial charge in [-0.2, -0.15) is 0 Å². The second kappa shape index (κ2) is 3.37. The summed E-state index contributed by atoms with van der Waals surface area (Å²) in [7, 11) is 0. The Balaban J connectivity index is 1.76. The molecule has 0 saturated heterocycles. The molecule has 0 amide bonds. The fourth-order valence-electron chi connectivity index (χ4n) is 5.09. The van der Waals surface area contributed by atoms with E-state index in [4.69, 9.17) is 11.5 Å². The minimum absolute atomic E-state index is 0.267. The zero-order chi connectivity index (χ0) is 12.3. The van der Waals surface area contributed by atoms with Gasteiger partial charge >= 0.3 is 0 Å². The van der Waals surface area contributed by atoms with Crippen LogP contribution in [0.3, 0.4) is 0 Å². The van der Waals surface area contributed by atoms with Crippen LogP contribution in [0.1, 0.15) is 44.2 Å². The van der Waals surface area contributed by atoms with Crippen molar-refractivity contribution < 1.29 is 0 Å². The van der Waals surface area contributed by atoms with Crippen molar-refractivity contribution in [3.63, 3.8) is 0 Å². The number of nitrogens with zero attached hydrogens (tertiary/aromatic N) is 2. The fourth-order valence-corrected chi connectivity index (χ4v) is 5.09. The molecule has 0 unspecified atom stereocenters. The van der Waals surface area contributed by atoms with Gasteiger partial charge in [-0.15, -0.1) is 0 Å². The zero-order valence-electron chi connectivity index (χ0n) is 10.6. The summed E-state index contributed by atoms with van der Waals surface area (Å²) in [6, 6.07) is 0. The second-order valence-corrected chi connectivity index (χ2v) is 6.72. The van der Waals surface area contributed by atoms with E-state index < -0.39 is 0 Å². The molecule has 96 valence electrons. The quantitative estimate of drug-likeness (QED) is 0.793. The first-order valence-corrected chi connectivity index (χ1v) is 7.03. The van der Waals surface area contributed by atoms with E-state index in [1.54, 1.807) is 0 Å². The molecule has 1 aromatic heterocycles. The van der Waals surface area contributed by atoms with Gasteiger partial charge in [-0.1, -0.05) is 0 Å². The minimum Gasteiger partial charge on any atom is -0.381 e. The molecule has 4 aliphatic rings. The first-order chi connectivity index (χ1) is 8.64. The molecule has 4 fully saturated rings. The molecule has 18 heavy (non-hydrogen) atoms. The maximum Gasteiger partial charge on any atom is 0.166 e. The predicted octanol–water partition coefficient (Wildman–Crippen LogP) is 2.11. The van der Waals surface area contributed by atoms with Crippen molar-refractivity contribution in [2.45, 2.75) is 43.9 Å². The lowest BCUT2D eigenvalue weighted by Gasteiger charge is -2.56. The molecular formula is C14H20N4. The Hall–Kier alpha value is -1.32. The highest BCUT2D eigenvalue weighted by molar-refractivity contribution is 5.52. The largest absolute Gasteiger partial charge is 0.381 e. The number of nitrogens with two attached hydrogens (primary N) is 2. The Kier molecular flexibility index (Phi) is 1.98. The number of hydrogen-bond donors (Lipinski definition) is 2. The van der Waals surface area contributed by atoms with Gasteiger partial charge < -0.3 is 11.5 Å². The van der Waals surface area contributed by atoms with Crippen LogP contribution >= 0.6 is 0 Å². The molecule has 5 rings (SSSR count). The monoisotopic (exact) mass is 244 g/mol. The second-order valence-electron chi connectivity index (χ2n) is 6.72. The molecule has 0 atom stereocenters. The summed E-state index contributed by atoms with van der Waals surface area (Å²) < 4.78 is 0.